The van der Waals surface area contributed by atoms with Crippen LogP contribution in [0.4, 0.5) is 0 Å². The minimum Gasteiger partial charge on any atom is -0.466 e. The number of carbonyl (C=O) groups is 1. The number of cyclic esters (lactones) is 1. The van der Waals surface area contributed by atoms with Crippen molar-refractivity contribution in [1.82, 2.24) is 0 Å². The Morgan fingerprint density at radius 2 is 1.44 bits per heavy atom. The predicted octanol–water partition coefficient (Wildman–Crippen LogP) is 3.66. The summed E-state index contributed by atoms with van der Waals surface area (Å²) in [4.78, 5) is 39.7. The smallest absolute Gasteiger partial charge is 0.305 e. The third-order valence-corrected chi connectivity index (χ3v) is 5.54. The highest BCUT2D eigenvalue weighted by atomic mass is 16.5. The second-order valence-electron chi connectivity index (χ2n) is 9.28. The molecule has 2 N–H and O–H groups in total. The molecule has 0 amide bonds. The molecule has 186 valence electrons. The zero-order chi connectivity index (χ0) is 25.3. The summed E-state index contributed by atoms with van der Waals surface area (Å²) in [6, 6.07) is 0. The summed E-state index contributed by atoms with van der Waals surface area (Å²) in [5.74, 6) is -0.0255. The SMILES string of the molecule is CC(C)(CO)CO.O=C1CCCCCO1.O=C=NC1(CC2(N=C=O)C=CC=CC2)C=CC=CC1. The Bertz CT molecular complexity index is 797. The van der Waals surface area contributed by atoms with Crippen LogP contribution in [0.1, 0.15) is 58.8 Å². The highest BCUT2D eigenvalue weighted by Gasteiger charge is 2.38. The van der Waals surface area contributed by atoms with Crippen molar-refractivity contribution in [2.75, 3.05) is 19.8 Å². The minimum absolute atomic E-state index is 0.0255. The van der Waals surface area contributed by atoms with Gasteiger partial charge in [0, 0.05) is 18.3 Å². The van der Waals surface area contributed by atoms with Gasteiger partial charge in [0.25, 0.3) is 0 Å². The van der Waals surface area contributed by atoms with Gasteiger partial charge in [-0.15, -0.1) is 0 Å². The number of aliphatic hydroxyl groups excluding tert-OH is 2. The average molecular weight is 473 g/mol. The van der Waals surface area contributed by atoms with Crippen LogP contribution in [0.25, 0.3) is 0 Å². The monoisotopic (exact) mass is 472 g/mol. The number of hydrogen-bond donors (Lipinski definition) is 2. The van der Waals surface area contributed by atoms with E-state index in [0.717, 1.165) is 19.3 Å². The first-order chi connectivity index (χ1) is 16.3. The maximum Gasteiger partial charge on any atom is 0.305 e. The number of ether oxygens (including phenoxy) is 1. The number of carbonyl (C=O) groups excluding carboxylic acids is 3. The van der Waals surface area contributed by atoms with E-state index in [1.165, 1.54) is 0 Å². The summed E-state index contributed by atoms with van der Waals surface area (Å²) in [5.41, 5.74) is -1.65. The zero-order valence-corrected chi connectivity index (χ0v) is 20.1. The van der Waals surface area contributed by atoms with Crippen LogP contribution in [0.5, 0.6) is 0 Å². The fourth-order valence-electron chi connectivity index (χ4n) is 3.38. The van der Waals surface area contributed by atoms with E-state index in [1.54, 1.807) is 26.0 Å². The van der Waals surface area contributed by atoms with Gasteiger partial charge in [-0.1, -0.05) is 62.5 Å². The first-order valence-corrected chi connectivity index (χ1v) is 11.5. The molecular formula is C26H36N2O6. The van der Waals surface area contributed by atoms with E-state index in [-0.39, 0.29) is 24.6 Å². The van der Waals surface area contributed by atoms with Gasteiger partial charge >= 0.3 is 5.97 Å². The maximum atomic E-state index is 10.7. The number of aliphatic hydroxyl groups is 2. The Balaban J connectivity index is 0.000000317. The molecule has 3 aliphatic rings. The molecule has 0 spiro atoms. The Labute approximate surface area is 201 Å². The van der Waals surface area contributed by atoms with Crippen molar-refractivity contribution in [2.45, 2.75) is 69.9 Å². The molecule has 0 bridgehead atoms. The van der Waals surface area contributed by atoms with Crippen LogP contribution < -0.4 is 0 Å². The Morgan fingerprint density at radius 1 is 0.912 bits per heavy atom. The van der Waals surface area contributed by atoms with Gasteiger partial charge in [0.2, 0.25) is 12.2 Å². The van der Waals surface area contributed by atoms with Crippen LogP contribution in [0.3, 0.4) is 0 Å². The normalized spacial score (nSPS) is 25.2. The van der Waals surface area contributed by atoms with E-state index in [0.29, 0.717) is 32.3 Å². The lowest BCUT2D eigenvalue weighted by molar-refractivity contribution is -0.142. The molecular weight excluding hydrogens is 436 g/mol. The van der Waals surface area contributed by atoms with Crippen molar-refractivity contribution in [2.24, 2.45) is 15.4 Å². The molecule has 3 rings (SSSR count). The molecule has 8 nitrogen and oxygen atoms in total. The number of hydrogen-bond acceptors (Lipinski definition) is 8. The van der Waals surface area contributed by atoms with E-state index in [4.69, 9.17) is 14.9 Å². The second kappa shape index (κ2) is 15.1. The third kappa shape index (κ3) is 10.8. The van der Waals surface area contributed by atoms with Crippen molar-refractivity contribution in [3.05, 3.63) is 48.6 Å². The number of rotatable bonds is 6. The predicted molar refractivity (Wildman–Crippen MR) is 129 cm³/mol. The van der Waals surface area contributed by atoms with Crippen LogP contribution in [0.15, 0.2) is 58.6 Å². The number of allylic oxidation sites excluding steroid dienone is 4. The van der Waals surface area contributed by atoms with Crippen LogP contribution in [0.2, 0.25) is 0 Å². The van der Waals surface area contributed by atoms with Gasteiger partial charge < -0.3 is 14.9 Å². The van der Waals surface area contributed by atoms with Gasteiger partial charge in [-0.3, -0.25) is 4.79 Å². The number of isocyanates is 2. The number of nitrogens with zero attached hydrogens (tertiary/aromatic N) is 2. The number of esters is 1. The molecule has 0 aromatic carbocycles. The minimum atomic E-state index is -0.674. The lowest BCUT2D eigenvalue weighted by Gasteiger charge is -2.34. The summed E-state index contributed by atoms with van der Waals surface area (Å²) in [6.07, 6.45) is 23.9. The molecule has 1 heterocycles. The van der Waals surface area contributed by atoms with Crippen molar-refractivity contribution in [1.29, 1.82) is 0 Å². The van der Waals surface area contributed by atoms with Gasteiger partial charge in [0.1, 0.15) is 0 Å². The molecule has 8 heteroatoms. The topological polar surface area (TPSA) is 126 Å². The standard InChI is InChI=1S/C15H14N2O2.C6H10O2.C5H12O2/c18-12-16-14(7-3-1-4-8-14)11-15(17-13-19)9-5-2-6-10-15;7-6-4-2-1-3-5-8-6;1-5(2,3-6)4-7/h1-7,9H,8,10-11H2;1-5H2;6-7H,3-4H2,1-2H3. The summed E-state index contributed by atoms with van der Waals surface area (Å²) in [6.45, 7) is 4.33. The summed E-state index contributed by atoms with van der Waals surface area (Å²) >= 11 is 0. The Hall–Kier alpha value is -2.89. The quantitative estimate of drug-likeness (QED) is 0.345. The molecule has 0 radical (unpaired) electrons. The highest BCUT2D eigenvalue weighted by molar-refractivity contribution is 5.69. The molecule has 0 aromatic heterocycles. The van der Waals surface area contributed by atoms with Gasteiger partial charge in [-0.05, 0) is 32.1 Å². The number of aliphatic imine (C=N–C) groups is 2. The summed E-state index contributed by atoms with van der Waals surface area (Å²) < 4.78 is 4.76. The molecule has 34 heavy (non-hydrogen) atoms. The lowest BCUT2D eigenvalue weighted by atomic mass is 9.76. The zero-order valence-electron chi connectivity index (χ0n) is 20.1. The van der Waals surface area contributed by atoms with Gasteiger partial charge in [0.05, 0.1) is 30.9 Å². The molecule has 1 saturated heterocycles. The first-order valence-electron chi connectivity index (χ1n) is 11.5. The van der Waals surface area contributed by atoms with Crippen LogP contribution >= 0.6 is 0 Å². The van der Waals surface area contributed by atoms with Crippen molar-refractivity contribution < 1.29 is 29.3 Å². The third-order valence-electron chi connectivity index (χ3n) is 5.54. The Kier molecular flexibility index (Phi) is 12.9. The van der Waals surface area contributed by atoms with Crippen LogP contribution in [-0.2, 0) is 19.1 Å². The average Bonchev–Trinajstić information content (AvgIpc) is 3.09. The summed E-state index contributed by atoms with van der Waals surface area (Å²) in [5, 5.41) is 16.9. The molecule has 2 aliphatic carbocycles. The molecule has 0 saturated carbocycles. The fourth-order valence-corrected chi connectivity index (χ4v) is 3.38. The molecule has 0 aromatic rings. The summed E-state index contributed by atoms with van der Waals surface area (Å²) in [7, 11) is 0. The van der Waals surface area contributed by atoms with Crippen LogP contribution in [0, 0.1) is 5.41 Å². The molecule has 2 atom stereocenters. The molecule has 2 unspecified atom stereocenters. The van der Waals surface area contributed by atoms with Crippen LogP contribution in [-0.4, -0.2) is 59.2 Å². The van der Waals surface area contributed by atoms with Crippen molar-refractivity contribution in [3.63, 3.8) is 0 Å². The highest BCUT2D eigenvalue weighted by Crippen LogP contribution is 2.37. The maximum absolute atomic E-state index is 10.7. The van der Waals surface area contributed by atoms with Gasteiger partial charge in [-0.2, -0.15) is 9.98 Å². The molecule has 1 fully saturated rings. The van der Waals surface area contributed by atoms with E-state index in [9.17, 15) is 14.4 Å². The Morgan fingerprint density at radius 3 is 1.82 bits per heavy atom. The van der Waals surface area contributed by atoms with E-state index in [2.05, 4.69) is 9.98 Å². The largest absolute Gasteiger partial charge is 0.466 e. The second-order valence-corrected chi connectivity index (χ2v) is 9.28. The fraction of sp³-hybridized carbons (Fsp3) is 0.577. The van der Waals surface area contributed by atoms with Gasteiger partial charge in [-0.25, -0.2) is 9.59 Å². The first kappa shape index (κ1) is 29.1. The lowest BCUT2D eigenvalue weighted by Crippen LogP contribution is -2.37. The van der Waals surface area contributed by atoms with Crippen molar-refractivity contribution >= 4 is 18.1 Å². The van der Waals surface area contributed by atoms with E-state index < -0.39 is 11.1 Å². The van der Waals surface area contributed by atoms with Gasteiger partial charge in [0.15, 0.2) is 0 Å². The molecule has 1 aliphatic heterocycles. The van der Waals surface area contributed by atoms with Crippen molar-refractivity contribution in [3.8, 4) is 0 Å². The van der Waals surface area contributed by atoms with E-state index in [1.807, 2.05) is 48.6 Å². The van der Waals surface area contributed by atoms with E-state index >= 15 is 0 Å².